The maximum absolute atomic E-state index is 12.1. The molecule has 0 radical (unpaired) electrons. The van der Waals surface area contributed by atoms with Gasteiger partial charge in [0.1, 0.15) is 17.5 Å². The maximum atomic E-state index is 12.1. The number of imidazole rings is 1. The van der Waals surface area contributed by atoms with Crippen molar-refractivity contribution in [1.82, 2.24) is 15.0 Å². The summed E-state index contributed by atoms with van der Waals surface area (Å²) in [5.41, 5.74) is 8.12. The summed E-state index contributed by atoms with van der Waals surface area (Å²) >= 11 is 0. The average molecular weight is 494 g/mol. The number of nitrogens with one attached hydrogen (secondary N) is 1. The Morgan fingerprint density at radius 3 is 2.63 bits per heavy atom. The fraction of sp³-hybridized carbons (Fsp3) is 0.208. The molecule has 1 amide bonds. The number of β-amino-alcohol motifs (C(OH)–C–C–N with tert-alkyl or cyclic N) is 1. The van der Waals surface area contributed by atoms with Crippen molar-refractivity contribution in [2.24, 2.45) is 5.73 Å². The number of benzene rings is 2. The van der Waals surface area contributed by atoms with E-state index in [1.165, 1.54) is 12.1 Å². The number of amides is 1. The zero-order chi connectivity index (χ0) is 24.7. The second kappa shape index (κ2) is 8.67. The highest BCUT2D eigenvalue weighted by Gasteiger charge is 2.36. The van der Waals surface area contributed by atoms with E-state index in [1.54, 1.807) is 35.4 Å². The predicted molar refractivity (Wildman–Crippen MR) is 130 cm³/mol. The van der Waals surface area contributed by atoms with Crippen molar-refractivity contribution < 1.29 is 23.1 Å². The fourth-order valence-electron chi connectivity index (χ4n) is 4.19. The summed E-state index contributed by atoms with van der Waals surface area (Å²) in [6, 6.07) is 14.3. The molecule has 0 saturated carbocycles. The number of anilines is 1. The van der Waals surface area contributed by atoms with Gasteiger partial charge in [0.15, 0.2) is 21.4 Å². The summed E-state index contributed by atoms with van der Waals surface area (Å²) in [4.78, 5) is 26.2. The van der Waals surface area contributed by atoms with Crippen LogP contribution in [0.25, 0.3) is 22.6 Å². The molecule has 10 nitrogen and oxygen atoms in total. The van der Waals surface area contributed by atoms with Crippen molar-refractivity contribution in [1.29, 1.82) is 0 Å². The number of H-pyrrole nitrogens is 1. The SMILES string of the molecule is CS(=O)(=O)c1ccc(Oc2cc3nc(-c4ccccn4)[nH]c3cc2N2C[C@@H](O)C[C@@H]2C(N)=O)cc1. The van der Waals surface area contributed by atoms with Crippen LogP contribution in [0.4, 0.5) is 5.69 Å². The van der Waals surface area contributed by atoms with E-state index in [9.17, 15) is 18.3 Å². The number of sulfone groups is 1. The van der Waals surface area contributed by atoms with Gasteiger partial charge in [0, 0.05) is 31.5 Å². The summed E-state index contributed by atoms with van der Waals surface area (Å²) in [6.07, 6.45) is 2.29. The Bertz CT molecular complexity index is 1500. The molecule has 5 rings (SSSR count). The number of aliphatic hydroxyl groups excluding tert-OH is 1. The molecule has 11 heteroatoms. The highest BCUT2D eigenvalue weighted by molar-refractivity contribution is 7.90. The van der Waals surface area contributed by atoms with Gasteiger partial charge in [-0.1, -0.05) is 6.07 Å². The number of carbonyl (C=O) groups excluding carboxylic acids is 1. The monoisotopic (exact) mass is 493 g/mol. The van der Waals surface area contributed by atoms with E-state index in [0.717, 1.165) is 6.26 Å². The molecule has 4 N–H and O–H groups in total. The predicted octanol–water partition coefficient (Wildman–Crippen LogP) is 2.25. The number of hydrogen-bond acceptors (Lipinski definition) is 8. The van der Waals surface area contributed by atoms with E-state index in [0.29, 0.717) is 39.7 Å². The van der Waals surface area contributed by atoms with Crippen LogP contribution in [0, 0.1) is 0 Å². The van der Waals surface area contributed by atoms with E-state index in [2.05, 4.69) is 15.0 Å². The van der Waals surface area contributed by atoms with Crippen molar-refractivity contribution in [3.8, 4) is 23.0 Å². The molecule has 1 aliphatic rings. The Kier molecular flexibility index (Phi) is 5.65. The molecular weight excluding hydrogens is 470 g/mol. The molecule has 4 aromatic rings. The van der Waals surface area contributed by atoms with Crippen LogP contribution >= 0.6 is 0 Å². The number of ether oxygens (including phenoxy) is 1. The molecule has 1 saturated heterocycles. The third kappa shape index (κ3) is 4.55. The summed E-state index contributed by atoms with van der Waals surface area (Å²) in [5.74, 6) is 0.788. The van der Waals surface area contributed by atoms with Crippen LogP contribution in [0.2, 0.25) is 0 Å². The lowest BCUT2D eigenvalue weighted by Gasteiger charge is -2.26. The molecule has 0 aliphatic carbocycles. The minimum Gasteiger partial charge on any atom is -0.455 e. The Labute approximate surface area is 201 Å². The first-order valence-corrected chi connectivity index (χ1v) is 12.8. The first kappa shape index (κ1) is 22.8. The Morgan fingerprint density at radius 1 is 1.20 bits per heavy atom. The molecule has 2 aromatic carbocycles. The standard InChI is InChI=1S/C24H23N5O5S/c1-35(32,33)16-7-5-15(6-8-16)34-22-12-19-18(27-24(28-19)17-4-2-3-9-26-17)11-20(22)29-13-14(30)10-21(29)23(25)31/h2-9,11-12,14,21,30H,10,13H2,1H3,(H2,25,31)(H,27,28)/t14-,21+/m0/s1. The lowest BCUT2D eigenvalue weighted by molar-refractivity contribution is -0.119. The lowest BCUT2D eigenvalue weighted by Crippen LogP contribution is -2.40. The number of nitrogens with zero attached hydrogens (tertiary/aromatic N) is 3. The number of aromatic nitrogens is 3. The molecule has 3 heterocycles. The maximum Gasteiger partial charge on any atom is 0.240 e. The number of fused-ring (bicyclic) bond motifs is 1. The van der Waals surface area contributed by atoms with Gasteiger partial charge in [0.05, 0.1) is 27.7 Å². The van der Waals surface area contributed by atoms with Crippen molar-refractivity contribution in [2.75, 3.05) is 17.7 Å². The van der Waals surface area contributed by atoms with Gasteiger partial charge in [-0.3, -0.25) is 9.78 Å². The van der Waals surface area contributed by atoms with Gasteiger partial charge < -0.3 is 25.5 Å². The second-order valence-electron chi connectivity index (χ2n) is 8.44. The zero-order valence-corrected chi connectivity index (χ0v) is 19.6. The van der Waals surface area contributed by atoms with Crippen LogP contribution in [-0.4, -0.2) is 59.3 Å². The van der Waals surface area contributed by atoms with E-state index in [-0.39, 0.29) is 17.9 Å². The molecule has 2 aromatic heterocycles. The quantitative estimate of drug-likeness (QED) is 0.370. The average Bonchev–Trinajstić information content (AvgIpc) is 3.42. The highest BCUT2D eigenvalue weighted by Crippen LogP contribution is 2.39. The summed E-state index contributed by atoms with van der Waals surface area (Å²) in [7, 11) is -3.35. The largest absolute Gasteiger partial charge is 0.455 e. The molecule has 1 aliphatic heterocycles. The van der Waals surface area contributed by atoms with Crippen LogP contribution in [0.5, 0.6) is 11.5 Å². The van der Waals surface area contributed by atoms with Crippen LogP contribution in [-0.2, 0) is 14.6 Å². The van der Waals surface area contributed by atoms with Crippen LogP contribution in [0.15, 0.2) is 65.7 Å². The number of hydrogen-bond donors (Lipinski definition) is 3. The topological polar surface area (TPSA) is 152 Å². The van der Waals surface area contributed by atoms with Gasteiger partial charge in [-0.05, 0) is 42.5 Å². The number of aliphatic hydroxyl groups is 1. The molecule has 2 atom stereocenters. The van der Waals surface area contributed by atoms with Gasteiger partial charge in [0.25, 0.3) is 0 Å². The van der Waals surface area contributed by atoms with E-state index in [4.69, 9.17) is 10.5 Å². The molecule has 0 bridgehead atoms. The van der Waals surface area contributed by atoms with Crippen molar-refractivity contribution in [3.05, 3.63) is 60.8 Å². The van der Waals surface area contributed by atoms with Gasteiger partial charge in [0.2, 0.25) is 5.91 Å². The smallest absolute Gasteiger partial charge is 0.240 e. The first-order chi connectivity index (χ1) is 16.7. The Morgan fingerprint density at radius 2 is 1.97 bits per heavy atom. The fourth-order valence-corrected chi connectivity index (χ4v) is 4.82. The van der Waals surface area contributed by atoms with E-state index < -0.39 is 27.9 Å². The van der Waals surface area contributed by atoms with Crippen molar-refractivity contribution in [3.63, 3.8) is 0 Å². The van der Waals surface area contributed by atoms with Crippen LogP contribution in [0.3, 0.4) is 0 Å². The molecule has 0 spiro atoms. The zero-order valence-electron chi connectivity index (χ0n) is 18.7. The number of primary amides is 1. The van der Waals surface area contributed by atoms with Crippen molar-refractivity contribution >= 4 is 32.5 Å². The molecule has 0 unspecified atom stereocenters. The number of aromatic amines is 1. The minimum absolute atomic E-state index is 0.171. The third-order valence-corrected chi connectivity index (χ3v) is 7.00. The van der Waals surface area contributed by atoms with Crippen molar-refractivity contribution in [2.45, 2.75) is 23.5 Å². The minimum atomic E-state index is -3.35. The molecule has 35 heavy (non-hydrogen) atoms. The Balaban J connectivity index is 1.60. The highest BCUT2D eigenvalue weighted by atomic mass is 32.2. The number of rotatable bonds is 6. The molecule has 180 valence electrons. The van der Waals surface area contributed by atoms with Gasteiger partial charge >= 0.3 is 0 Å². The molecular formula is C24H23N5O5S. The van der Waals surface area contributed by atoms with Crippen LogP contribution < -0.4 is 15.4 Å². The second-order valence-corrected chi connectivity index (χ2v) is 10.5. The number of pyridine rings is 1. The van der Waals surface area contributed by atoms with E-state index in [1.807, 2.05) is 18.2 Å². The lowest BCUT2D eigenvalue weighted by atomic mass is 10.1. The van der Waals surface area contributed by atoms with Gasteiger partial charge in [-0.15, -0.1) is 0 Å². The van der Waals surface area contributed by atoms with Crippen LogP contribution in [0.1, 0.15) is 6.42 Å². The summed E-state index contributed by atoms with van der Waals surface area (Å²) in [6.45, 7) is 0.198. The normalized spacial score (nSPS) is 18.2. The van der Waals surface area contributed by atoms with E-state index >= 15 is 0 Å². The summed E-state index contributed by atoms with van der Waals surface area (Å²) < 4.78 is 29.7. The first-order valence-electron chi connectivity index (χ1n) is 10.9. The Hall–Kier alpha value is -3.96. The van der Waals surface area contributed by atoms with Gasteiger partial charge in [-0.25, -0.2) is 13.4 Å². The third-order valence-electron chi connectivity index (χ3n) is 5.87. The number of nitrogens with two attached hydrogens (primary N) is 1. The molecule has 1 fully saturated rings. The van der Waals surface area contributed by atoms with Gasteiger partial charge in [-0.2, -0.15) is 0 Å². The summed E-state index contributed by atoms with van der Waals surface area (Å²) in [5, 5.41) is 10.3. The number of carbonyl (C=O) groups is 1.